The van der Waals surface area contributed by atoms with Gasteiger partial charge in [-0.05, 0) is 18.9 Å². The van der Waals surface area contributed by atoms with Crippen molar-refractivity contribution in [3.05, 3.63) is 24.3 Å². The van der Waals surface area contributed by atoms with Crippen LogP contribution in [-0.4, -0.2) is 16.4 Å². The van der Waals surface area contributed by atoms with E-state index in [4.69, 9.17) is 4.74 Å². The first-order valence-electron chi connectivity index (χ1n) is 4.27. The van der Waals surface area contributed by atoms with Gasteiger partial charge in [0, 0.05) is 12.1 Å². The second-order valence-electron chi connectivity index (χ2n) is 3.12. The summed E-state index contributed by atoms with van der Waals surface area (Å²) >= 11 is 0. The molecule has 1 atom stereocenters. The number of nitrogens with zero attached hydrogens (tertiary/aromatic N) is 2. The lowest BCUT2D eigenvalue weighted by Crippen LogP contribution is -2.07. The minimum atomic E-state index is -0.166. The molecule has 1 aromatic heterocycles. The van der Waals surface area contributed by atoms with E-state index < -0.39 is 0 Å². The van der Waals surface area contributed by atoms with Crippen LogP contribution in [0.4, 0.5) is 0 Å². The standard InChI is InChI=1S/C9H10N2O2/c12-6-13-9(7-1-2-7)8-3-4-10-5-11-8/h3-7,9H,1-2H2. The summed E-state index contributed by atoms with van der Waals surface area (Å²) in [5, 5.41) is 0. The summed E-state index contributed by atoms with van der Waals surface area (Å²) in [6.07, 6.45) is 5.19. The summed E-state index contributed by atoms with van der Waals surface area (Å²) in [7, 11) is 0. The number of carbonyl (C=O) groups is 1. The first-order valence-corrected chi connectivity index (χ1v) is 4.27. The highest BCUT2D eigenvalue weighted by molar-refractivity contribution is 5.38. The Labute approximate surface area is 76.0 Å². The van der Waals surface area contributed by atoms with Crippen molar-refractivity contribution in [2.24, 2.45) is 5.92 Å². The molecule has 0 bridgehead atoms. The van der Waals surface area contributed by atoms with E-state index in [1.54, 1.807) is 12.3 Å². The fraction of sp³-hybridized carbons (Fsp3) is 0.444. The zero-order chi connectivity index (χ0) is 9.10. The maximum Gasteiger partial charge on any atom is 0.293 e. The van der Waals surface area contributed by atoms with Gasteiger partial charge in [0.1, 0.15) is 12.4 Å². The van der Waals surface area contributed by atoms with Gasteiger partial charge in [0.15, 0.2) is 0 Å². The van der Waals surface area contributed by atoms with E-state index in [1.807, 2.05) is 0 Å². The van der Waals surface area contributed by atoms with Crippen LogP contribution in [0.15, 0.2) is 18.6 Å². The Bertz CT molecular complexity index is 285. The number of carbonyl (C=O) groups excluding carboxylic acids is 1. The molecular formula is C9H10N2O2. The molecule has 1 saturated carbocycles. The molecule has 0 amide bonds. The molecule has 1 fully saturated rings. The molecule has 0 aromatic carbocycles. The van der Waals surface area contributed by atoms with Crippen molar-refractivity contribution in [1.29, 1.82) is 0 Å². The van der Waals surface area contributed by atoms with Gasteiger partial charge in [0.2, 0.25) is 0 Å². The molecule has 68 valence electrons. The van der Waals surface area contributed by atoms with E-state index in [-0.39, 0.29) is 6.10 Å². The molecule has 1 unspecified atom stereocenters. The Morgan fingerprint density at radius 2 is 2.46 bits per heavy atom. The molecule has 2 rings (SSSR count). The van der Waals surface area contributed by atoms with Crippen molar-refractivity contribution in [3.8, 4) is 0 Å². The summed E-state index contributed by atoms with van der Waals surface area (Å²) in [4.78, 5) is 18.1. The van der Waals surface area contributed by atoms with Crippen molar-refractivity contribution in [2.45, 2.75) is 18.9 Å². The van der Waals surface area contributed by atoms with Crippen molar-refractivity contribution >= 4 is 6.47 Å². The van der Waals surface area contributed by atoms with Crippen molar-refractivity contribution in [3.63, 3.8) is 0 Å². The van der Waals surface area contributed by atoms with Crippen molar-refractivity contribution < 1.29 is 9.53 Å². The third kappa shape index (κ3) is 1.83. The largest absolute Gasteiger partial charge is 0.458 e. The maximum absolute atomic E-state index is 10.3. The summed E-state index contributed by atoms with van der Waals surface area (Å²) in [5.41, 5.74) is 0.796. The highest BCUT2D eigenvalue weighted by atomic mass is 16.5. The molecule has 0 saturated heterocycles. The lowest BCUT2D eigenvalue weighted by atomic mass is 10.1. The molecule has 1 aliphatic carbocycles. The smallest absolute Gasteiger partial charge is 0.293 e. The van der Waals surface area contributed by atoms with Crippen LogP contribution in [-0.2, 0) is 9.53 Å². The SMILES string of the molecule is O=COC(c1ccncn1)C1CC1. The number of aromatic nitrogens is 2. The van der Waals surface area contributed by atoms with Crippen LogP contribution in [0.25, 0.3) is 0 Å². The first kappa shape index (κ1) is 8.16. The predicted octanol–water partition coefficient (Wildman–Crippen LogP) is 1.10. The molecular weight excluding hydrogens is 168 g/mol. The van der Waals surface area contributed by atoms with Gasteiger partial charge in [0.25, 0.3) is 6.47 Å². The van der Waals surface area contributed by atoms with Gasteiger partial charge in [-0.25, -0.2) is 9.97 Å². The zero-order valence-electron chi connectivity index (χ0n) is 7.09. The fourth-order valence-corrected chi connectivity index (χ4v) is 1.35. The average Bonchev–Trinajstić information content (AvgIpc) is 2.99. The number of hydrogen-bond donors (Lipinski definition) is 0. The monoisotopic (exact) mass is 178 g/mol. The van der Waals surface area contributed by atoms with Crippen LogP contribution in [0.3, 0.4) is 0 Å². The first-order chi connectivity index (χ1) is 6.42. The lowest BCUT2D eigenvalue weighted by molar-refractivity contribution is -0.135. The number of rotatable bonds is 4. The third-order valence-electron chi connectivity index (χ3n) is 2.15. The molecule has 0 spiro atoms. The zero-order valence-corrected chi connectivity index (χ0v) is 7.09. The lowest BCUT2D eigenvalue weighted by Gasteiger charge is -2.12. The molecule has 1 heterocycles. The van der Waals surface area contributed by atoms with Gasteiger partial charge in [-0.1, -0.05) is 0 Å². The van der Waals surface area contributed by atoms with Crippen molar-refractivity contribution in [2.75, 3.05) is 0 Å². The Morgan fingerprint density at radius 1 is 1.62 bits per heavy atom. The van der Waals surface area contributed by atoms with E-state index in [0.717, 1.165) is 18.5 Å². The minimum Gasteiger partial charge on any atom is -0.458 e. The van der Waals surface area contributed by atoms with Crippen LogP contribution < -0.4 is 0 Å². The molecule has 1 aromatic rings. The molecule has 4 nitrogen and oxygen atoms in total. The van der Waals surface area contributed by atoms with Gasteiger partial charge in [0.05, 0.1) is 5.69 Å². The highest BCUT2D eigenvalue weighted by Crippen LogP contribution is 2.42. The van der Waals surface area contributed by atoms with Crippen molar-refractivity contribution in [1.82, 2.24) is 9.97 Å². The van der Waals surface area contributed by atoms with Crippen LogP contribution in [0.1, 0.15) is 24.6 Å². The van der Waals surface area contributed by atoms with Gasteiger partial charge in [-0.3, -0.25) is 4.79 Å². The summed E-state index contributed by atoms with van der Waals surface area (Å²) in [6, 6.07) is 1.78. The summed E-state index contributed by atoms with van der Waals surface area (Å²) in [6.45, 7) is 0.491. The highest BCUT2D eigenvalue weighted by Gasteiger charge is 2.34. The minimum absolute atomic E-state index is 0.166. The molecule has 1 aliphatic rings. The Hall–Kier alpha value is -1.45. The van der Waals surface area contributed by atoms with E-state index in [2.05, 4.69) is 9.97 Å². The molecule has 13 heavy (non-hydrogen) atoms. The van der Waals surface area contributed by atoms with E-state index in [1.165, 1.54) is 6.33 Å². The molecule has 0 radical (unpaired) electrons. The summed E-state index contributed by atoms with van der Waals surface area (Å²) < 4.78 is 4.98. The quantitative estimate of drug-likeness (QED) is 0.648. The van der Waals surface area contributed by atoms with Gasteiger partial charge in [-0.2, -0.15) is 0 Å². The second kappa shape index (κ2) is 3.51. The van der Waals surface area contributed by atoms with Crippen LogP contribution in [0.2, 0.25) is 0 Å². The Balaban J connectivity index is 2.14. The molecule has 4 heteroatoms. The second-order valence-corrected chi connectivity index (χ2v) is 3.12. The Morgan fingerprint density at radius 3 is 3.00 bits per heavy atom. The normalized spacial score (nSPS) is 17.8. The van der Waals surface area contributed by atoms with E-state index in [0.29, 0.717) is 12.4 Å². The van der Waals surface area contributed by atoms with E-state index >= 15 is 0 Å². The number of ether oxygens (including phenoxy) is 1. The maximum atomic E-state index is 10.3. The average molecular weight is 178 g/mol. The number of hydrogen-bond acceptors (Lipinski definition) is 4. The molecule has 0 aliphatic heterocycles. The summed E-state index contributed by atoms with van der Waals surface area (Å²) in [5.74, 6) is 0.458. The van der Waals surface area contributed by atoms with E-state index in [9.17, 15) is 4.79 Å². The van der Waals surface area contributed by atoms with Gasteiger partial charge < -0.3 is 4.74 Å². The predicted molar refractivity (Wildman–Crippen MR) is 44.6 cm³/mol. The third-order valence-corrected chi connectivity index (χ3v) is 2.15. The fourth-order valence-electron chi connectivity index (χ4n) is 1.35. The van der Waals surface area contributed by atoms with Gasteiger partial charge >= 0.3 is 0 Å². The Kier molecular flexibility index (Phi) is 2.21. The van der Waals surface area contributed by atoms with Crippen LogP contribution in [0.5, 0.6) is 0 Å². The van der Waals surface area contributed by atoms with Gasteiger partial charge in [-0.15, -0.1) is 0 Å². The molecule has 0 N–H and O–H groups in total. The van der Waals surface area contributed by atoms with Crippen LogP contribution in [0, 0.1) is 5.92 Å². The van der Waals surface area contributed by atoms with Crippen LogP contribution >= 0.6 is 0 Å². The topological polar surface area (TPSA) is 52.1 Å².